The molecule has 13 rings (SSSR count). The lowest BCUT2D eigenvalue weighted by atomic mass is 9.65. The number of rotatable bonds is 1. The van der Waals surface area contributed by atoms with Gasteiger partial charge in [-0.05, 0) is 120 Å². The van der Waals surface area contributed by atoms with Crippen LogP contribution in [0.5, 0.6) is 0 Å². The summed E-state index contributed by atoms with van der Waals surface area (Å²) in [4.78, 5) is 0. The molecule has 10 aromatic rings. The van der Waals surface area contributed by atoms with Crippen molar-refractivity contribution >= 4 is 61.1 Å². The van der Waals surface area contributed by atoms with Gasteiger partial charge in [0.25, 0.3) is 0 Å². The molecular formula is C52H32NOP. The van der Waals surface area contributed by atoms with Gasteiger partial charge in [-0.15, -0.1) is 0 Å². The van der Waals surface area contributed by atoms with E-state index in [1.165, 1.54) is 82.4 Å². The Labute approximate surface area is 318 Å². The molecule has 0 bridgehead atoms. The molecule has 1 unspecified atom stereocenters. The monoisotopic (exact) mass is 717 g/mol. The first-order valence-electron chi connectivity index (χ1n) is 19.1. The van der Waals surface area contributed by atoms with Crippen LogP contribution in [0.15, 0.2) is 176 Å². The molecule has 256 valence electrons. The highest BCUT2D eigenvalue weighted by Gasteiger charge is 2.53. The fourth-order valence-corrected chi connectivity index (χ4v) is 13.4. The van der Waals surface area contributed by atoms with E-state index in [-0.39, 0.29) is 0 Å². The predicted octanol–water partition coefficient (Wildman–Crippen LogP) is 12.4. The molecule has 0 saturated carbocycles. The Morgan fingerprint density at radius 3 is 2.05 bits per heavy atom. The van der Waals surface area contributed by atoms with Crippen molar-refractivity contribution in [1.82, 2.24) is 4.57 Å². The zero-order valence-corrected chi connectivity index (χ0v) is 30.9. The second kappa shape index (κ2) is 10.2. The number of fused-ring (bicyclic) bond motifs is 18. The first-order chi connectivity index (χ1) is 27.0. The highest BCUT2D eigenvalue weighted by molar-refractivity contribution is 7.79. The molecule has 0 fully saturated rings. The molecule has 1 aliphatic carbocycles. The Morgan fingerprint density at radius 2 is 1.15 bits per heavy atom. The van der Waals surface area contributed by atoms with Crippen LogP contribution < -0.4 is 10.6 Å². The Kier molecular flexibility index (Phi) is 5.54. The van der Waals surface area contributed by atoms with Crippen molar-refractivity contribution in [2.75, 3.05) is 6.66 Å². The van der Waals surface area contributed by atoms with Gasteiger partial charge < -0.3 is 9.13 Å². The molecule has 0 N–H and O–H groups in total. The van der Waals surface area contributed by atoms with Gasteiger partial charge in [0.15, 0.2) is 0 Å². The highest BCUT2D eigenvalue weighted by Crippen LogP contribution is 2.64. The maximum Gasteiger partial charge on any atom is 0.142 e. The summed E-state index contributed by atoms with van der Waals surface area (Å²) in [5, 5.41) is 9.43. The van der Waals surface area contributed by atoms with Gasteiger partial charge in [0.2, 0.25) is 0 Å². The molecule has 3 heteroatoms. The van der Waals surface area contributed by atoms with Crippen molar-refractivity contribution in [2.24, 2.45) is 0 Å². The highest BCUT2D eigenvalue weighted by atomic mass is 31.2. The van der Waals surface area contributed by atoms with Crippen molar-refractivity contribution in [1.29, 1.82) is 0 Å². The minimum Gasteiger partial charge on any atom is -0.314 e. The number of hydrogen-bond acceptors (Lipinski definition) is 1. The lowest BCUT2D eigenvalue weighted by Crippen LogP contribution is -2.33. The fourth-order valence-electron chi connectivity index (χ4n) is 10.8. The summed E-state index contributed by atoms with van der Waals surface area (Å²) in [5.74, 6) is 0. The number of benzene rings is 9. The fraction of sp³-hybridized carbons (Fsp3) is 0.0385. The molecule has 55 heavy (non-hydrogen) atoms. The van der Waals surface area contributed by atoms with E-state index in [2.05, 4.69) is 174 Å². The largest absolute Gasteiger partial charge is 0.314 e. The quantitative estimate of drug-likeness (QED) is 0.122. The van der Waals surface area contributed by atoms with E-state index in [1.54, 1.807) is 0 Å². The van der Waals surface area contributed by atoms with Crippen LogP contribution in [0.2, 0.25) is 0 Å². The maximum atomic E-state index is 15.5. The second-order valence-electron chi connectivity index (χ2n) is 15.7. The average molecular weight is 718 g/mol. The molecule has 3 heterocycles. The van der Waals surface area contributed by atoms with E-state index in [9.17, 15) is 0 Å². The van der Waals surface area contributed by atoms with Crippen LogP contribution >= 0.6 is 7.14 Å². The molecule has 2 aliphatic heterocycles. The lowest BCUT2D eigenvalue weighted by molar-refractivity contribution is 0.591. The van der Waals surface area contributed by atoms with Crippen LogP contribution in [0.25, 0.3) is 82.4 Å². The van der Waals surface area contributed by atoms with Gasteiger partial charge in [-0.2, -0.15) is 0 Å². The summed E-state index contributed by atoms with van der Waals surface area (Å²) in [6.45, 7) is 1.99. The van der Waals surface area contributed by atoms with Gasteiger partial charge in [-0.1, -0.05) is 140 Å². The molecule has 9 aromatic carbocycles. The molecule has 1 spiro atoms. The van der Waals surface area contributed by atoms with Crippen molar-refractivity contribution in [3.05, 3.63) is 198 Å². The van der Waals surface area contributed by atoms with Crippen LogP contribution in [-0.4, -0.2) is 11.2 Å². The predicted molar refractivity (Wildman–Crippen MR) is 230 cm³/mol. The standard InChI is InChI=1S/C52H32NOP/c1-55(54)48-20-9-5-14-38(48)40-24-26-44-49(51(40)55)41-30-35(33-21-22-34-27-31-11-2-3-12-32(31)28-36(34)29-33)23-25-42(41)52(44)43-16-6-8-19-47(43)53-46-18-7-4-13-37(46)39-15-10-17-45(52)50(39)53/h2-30H,1H3/t52?,55-/m0/s1. The van der Waals surface area contributed by atoms with Gasteiger partial charge in [-0.3, -0.25) is 0 Å². The number of nitrogens with zero attached hydrogens (tertiary/aromatic N) is 1. The SMILES string of the molecule is C[P@]1(=O)c2ccccc2-c2ccc3c(c21)-c1cc(-c2ccc4cc5ccccc5cc4c2)ccc1C31c2ccccc2-n2c3ccccc3c3cccc1c32. The molecule has 3 aliphatic rings. The zero-order chi connectivity index (χ0) is 36.2. The van der Waals surface area contributed by atoms with Gasteiger partial charge in [0, 0.05) is 21.4 Å². The van der Waals surface area contributed by atoms with Crippen LogP contribution in [0.1, 0.15) is 22.3 Å². The topological polar surface area (TPSA) is 22.0 Å². The number of hydrogen-bond donors (Lipinski definition) is 0. The Hall–Kier alpha value is -6.47. The molecule has 2 atom stereocenters. The average Bonchev–Trinajstić information content (AvgIpc) is 3.81. The third kappa shape index (κ3) is 3.55. The van der Waals surface area contributed by atoms with E-state index in [1.807, 2.05) is 12.7 Å². The number of para-hydroxylation sites is 3. The van der Waals surface area contributed by atoms with E-state index in [0.29, 0.717) is 0 Å². The summed E-state index contributed by atoms with van der Waals surface area (Å²) in [5.41, 5.74) is 14.9. The summed E-state index contributed by atoms with van der Waals surface area (Å²) in [6.07, 6.45) is 0. The van der Waals surface area contributed by atoms with Gasteiger partial charge >= 0.3 is 0 Å². The van der Waals surface area contributed by atoms with Crippen molar-refractivity contribution in [3.8, 4) is 39.1 Å². The third-order valence-corrected chi connectivity index (χ3v) is 15.7. The van der Waals surface area contributed by atoms with Gasteiger partial charge in [-0.25, -0.2) is 0 Å². The smallest absolute Gasteiger partial charge is 0.142 e. The van der Waals surface area contributed by atoms with E-state index in [0.717, 1.165) is 32.9 Å². The van der Waals surface area contributed by atoms with Crippen LogP contribution in [-0.2, 0) is 9.98 Å². The molecular weight excluding hydrogens is 686 g/mol. The van der Waals surface area contributed by atoms with Crippen molar-refractivity contribution in [2.45, 2.75) is 5.41 Å². The normalized spacial score (nSPS) is 18.5. The minimum absolute atomic E-state index is 0.615. The summed E-state index contributed by atoms with van der Waals surface area (Å²) in [7, 11) is -2.97. The maximum absolute atomic E-state index is 15.5. The Balaban J connectivity index is 1.17. The van der Waals surface area contributed by atoms with E-state index >= 15 is 4.57 Å². The first-order valence-corrected chi connectivity index (χ1v) is 21.2. The van der Waals surface area contributed by atoms with Crippen LogP contribution in [0.4, 0.5) is 0 Å². The van der Waals surface area contributed by atoms with Crippen LogP contribution in [0.3, 0.4) is 0 Å². The summed E-state index contributed by atoms with van der Waals surface area (Å²) in [6, 6.07) is 64.8. The first kappa shape index (κ1) is 29.9. The van der Waals surface area contributed by atoms with Crippen molar-refractivity contribution in [3.63, 3.8) is 0 Å². The van der Waals surface area contributed by atoms with E-state index < -0.39 is 12.6 Å². The molecule has 0 amide bonds. The Morgan fingerprint density at radius 1 is 0.473 bits per heavy atom. The second-order valence-corrected chi connectivity index (χ2v) is 18.4. The molecule has 2 nitrogen and oxygen atoms in total. The molecule has 0 saturated heterocycles. The number of aromatic nitrogens is 1. The minimum atomic E-state index is -2.97. The zero-order valence-electron chi connectivity index (χ0n) is 30.0. The van der Waals surface area contributed by atoms with Crippen LogP contribution in [0, 0.1) is 0 Å². The Bertz CT molecular complexity index is 3440. The summed E-state index contributed by atoms with van der Waals surface area (Å²) >= 11 is 0. The van der Waals surface area contributed by atoms with E-state index in [4.69, 9.17) is 0 Å². The lowest BCUT2D eigenvalue weighted by Gasteiger charge is -2.39. The summed E-state index contributed by atoms with van der Waals surface area (Å²) < 4.78 is 17.9. The van der Waals surface area contributed by atoms with Crippen molar-refractivity contribution < 1.29 is 4.57 Å². The third-order valence-electron chi connectivity index (χ3n) is 13.0. The van der Waals surface area contributed by atoms with Gasteiger partial charge in [0.1, 0.15) is 7.14 Å². The van der Waals surface area contributed by atoms with Gasteiger partial charge in [0.05, 0.1) is 22.1 Å². The molecule has 1 aromatic heterocycles. The molecule has 0 radical (unpaired) electrons.